The van der Waals surface area contributed by atoms with Crippen molar-refractivity contribution in [2.45, 2.75) is 19.4 Å². The van der Waals surface area contributed by atoms with E-state index in [-0.39, 0.29) is 18.5 Å². The average Bonchev–Trinajstić information content (AvgIpc) is 3.09. The van der Waals surface area contributed by atoms with E-state index in [1.165, 1.54) is 22.7 Å². The van der Waals surface area contributed by atoms with Crippen LogP contribution in [0, 0.1) is 0 Å². The topological polar surface area (TPSA) is 35.2 Å². The van der Waals surface area contributed by atoms with Crippen LogP contribution in [-0.4, -0.2) is 7.05 Å². The van der Waals surface area contributed by atoms with Crippen LogP contribution in [0.5, 0.6) is 5.75 Å². The van der Waals surface area contributed by atoms with Gasteiger partial charge in [-0.05, 0) is 36.4 Å². The van der Waals surface area contributed by atoms with Crippen molar-refractivity contribution >= 4 is 34.5 Å². The highest BCUT2D eigenvalue weighted by atomic mass is 35.5. The third kappa shape index (κ3) is 4.23. The molecule has 0 fully saturated rings. The van der Waals surface area contributed by atoms with Gasteiger partial charge in [0, 0.05) is 10.3 Å². The van der Waals surface area contributed by atoms with Crippen molar-refractivity contribution in [2.75, 3.05) is 7.05 Å². The van der Waals surface area contributed by atoms with Gasteiger partial charge in [0.15, 0.2) is 0 Å². The van der Waals surface area contributed by atoms with Gasteiger partial charge in [0.2, 0.25) is 0 Å². The second-order valence-corrected chi connectivity index (χ2v) is 5.49. The Balaban J connectivity index is 0.000000775. The van der Waals surface area contributed by atoms with E-state index >= 15 is 0 Å². The van der Waals surface area contributed by atoms with Crippen LogP contribution in [0.1, 0.15) is 24.3 Å². The molecule has 0 aliphatic heterocycles. The molecule has 4 heteroatoms. The molecular weight excluding hydrogens is 314 g/mol. The second-order valence-electron chi connectivity index (χ2n) is 4.51. The van der Waals surface area contributed by atoms with E-state index in [0.29, 0.717) is 0 Å². The van der Waals surface area contributed by atoms with E-state index in [2.05, 4.69) is 72.6 Å². The van der Waals surface area contributed by atoms with Crippen molar-refractivity contribution in [3.8, 4) is 5.75 Å². The van der Waals surface area contributed by atoms with Crippen molar-refractivity contribution in [2.24, 2.45) is 5.73 Å². The number of hydrogen-bond donors (Lipinski definition) is 1. The van der Waals surface area contributed by atoms with E-state index in [4.69, 9.17) is 4.74 Å². The summed E-state index contributed by atoms with van der Waals surface area (Å²) in [6.07, 6.45) is 1.12. The number of thiophene rings is 1. The minimum absolute atomic E-state index is 0. The van der Waals surface area contributed by atoms with Crippen LogP contribution in [0.3, 0.4) is 0 Å². The first kappa shape index (κ1) is 18.5. The molecule has 3 rings (SSSR count). The lowest BCUT2D eigenvalue weighted by molar-refractivity contribution is 0.208. The fraction of sp³-hybridized carbons (Fsp3) is 0.222. The molecule has 0 aliphatic carbocycles. The van der Waals surface area contributed by atoms with E-state index in [0.717, 1.165) is 12.2 Å². The van der Waals surface area contributed by atoms with Gasteiger partial charge in [-0.1, -0.05) is 49.4 Å². The van der Waals surface area contributed by atoms with Gasteiger partial charge in [-0.15, -0.1) is 23.7 Å². The molecule has 1 aromatic heterocycles. The quantitative estimate of drug-likeness (QED) is 0.690. The lowest BCUT2D eigenvalue weighted by Gasteiger charge is -2.17. The maximum absolute atomic E-state index is 6.23. The molecule has 0 amide bonds. The van der Waals surface area contributed by atoms with Gasteiger partial charge in [-0.2, -0.15) is 0 Å². The van der Waals surface area contributed by atoms with Crippen molar-refractivity contribution in [3.05, 3.63) is 64.9 Å². The van der Waals surface area contributed by atoms with Gasteiger partial charge in [0.25, 0.3) is 0 Å². The van der Waals surface area contributed by atoms with Gasteiger partial charge in [0.05, 0.1) is 0 Å². The maximum Gasteiger partial charge on any atom is 0.133 e. The van der Waals surface area contributed by atoms with Gasteiger partial charge < -0.3 is 10.5 Å². The Morgan fingerprint density at radius 3 is 2.41 bits per heavy atom. The summed E-state index contributed by atoms with van der Waals surface area (Å²) < 4.78 is 6.23. The minimum Gasteiger partial charge on any atom is -0.484 e. The Labute approximate surface area is 142 Å². The molecule has 2 aromatic carbocycles. The number of fused-ring (bicyclic) bond motifs is 1. The van der Waals surface area contributed by atoms with E-state index in [1.807, 2.05) is 0 Å². The number of hydrogen-bond acceptors (Lipinski definition) is 3. The second kappa shape index (κ2) is 9.46. The molecule has 0 saturated carbocycles. The number of nitrogens with two attached hydrogens (primary N) is 1. The van der Waals surface area contributed by atoms with Gasteiger partial charge >= 0.3 is 0 Å². The van der Waals surface area contributed by atoms with Crippen LogP contribution in [0.4, 0.5) is 0 Å². The standard InChI is InChI=1S/C17H16OS.CH5N.ClH/c1-2-15(17-11-6-12-19-17)18-16-10-5-8-13-7-3-4-9-14(13)16;1-2;/h3-12,15H,2H2,1H3;2H2,1H3;1H. The molecule has 3 aromatic rings. The third-order valence-corrected chi connectivity index (χ3v) is 4.21. The summed E-state index contributed by atoms with van der Waals surface area (Å²) in [7, 11) is 1.50. The molecule has 2 nitrogen and oxygen atoms in total. The molecule has 0 spiro atoms. The molecule has 0 bridgehead atoms. The number of benzene rings is 2. The molecule has 22 heavy (non-hydrogen) atoms. The summed E-state index contributed by atoms with van der Waals surface area (Å²) >= 11 is 1.76. The summed E-state index contributed by atoms with van der Waals surface area (Å²) in [5.74, 6) is 0.971. The monoisotopic (exact) mass is 335 g/mol. The van der Waals surface area contributed by atoms with Crippen LogP contribution in [0.25, 0.3) is 10.8 Å². The number of halogens is 1. The first-order valence-corrected chi connectivity index (χ1v) is 8.02. The van der Waals surface area contributed by atoms with Gasteiger partial charge in [0.1, 0.15) is 11.9 Å². The SMILES string of the molecule is CCC(Oc1cccc2ccccc12)c1cccs1.CN.Cl. The summed E-state index contributed by atoms with van der Waals surface area (Å²) in [4.78, 5) is 1.29. The van der Waals surface area contributed by atoms with Crippen molar-refractivity contribution < 1.29 is 4.74 Å². The Morgan fingerprint density at radius 1 is 1.00 bits per heavy atom. The average molecular weight is 336 g/mol. The van der Waals surface area contributed by atoms with Crippen LogP contribution < -0.4 is 10.5 Å². The molecule has 1 unspecified atom stereocenters. The molecule has 1 heterocycles. The maximum atomic E-state index is 6.23. The highest BCUT2D eigenvalue weighted by Crippen LogP contribution is 2.32. The predicted octanol–water partition coefficient (Wildman–Crippen LogP) is 5.43. The first-order valence-electron chi connectivity index (χ1n) is 7.14. The normalized spacial score (nSPS) is 11.0. The Hall–Kier alpha value is -1.55. The van der Waals surface area contributed by atoms with Crippen LogP contribution in [-0.2, 0) is 0 Å². The van der Waals surface area contributed by atoms with Crippen molar-refractivity contribution in [1.29, 1.82) is 0 Å². The summed E-state index contributed by atoms with van der Waals surface area (Å²) in [6.45, 7) is 2.16. The zero-order valence-corrected chi connectivity index (χ0v) is 14.5. The summed E-state index contributed by atoms with van der Waals surface area (Å²) in [6, 6.07) is 18.8. The molecule has 0 radical (unpaired) electrons. The Morgan fingerprint density at radius 2 is 1.73 bits per heavy atom. The third-order valence-electron chi connectivity index (χ3n) is 3.25. The highest BCUT2D eigenvalue weighted by Gasteiger charge is 2.13. The molecule has 2 N–H and O–H groups in total. The predicted molar refractivity (Wildman–Crippen MR) is 99.3 cm³/mol. The zero-order valence-electron chi connectivity index (χ0n) is 12.9. The minimum atomic E-state index is 0. The van der Waals surface area contributed by atoms with E-state index in [1.54, 1.807) is 11.3 Å². The number of ether oxygens (including phenoxy) is 1. The van der Waals surface area contributed by atoms with E-state index in [9.17, 15) is 0 Å². The molecule has 0 aliphatic rings. The van der Waals surface area contributed by atoms with Crippen LogP contribution in [0.15, 0.2) is 60.0 Å². The van der Waals surface area contributed by atoms with Gasteiger partial charge in [-0.3, -0.25) is 0 Å². The summed E-state index contributed by atoms with van der Waals surface area (Å²) in [5.41, 5.74) is 4.50. The van der Waals surface area contributed by atoms with Gasteiger partial charge in [-0.25, -0.2) is 0 Å². The fourth-order valence-corrected chi connectivity index (χ4v) is 3.11. The lowest BCUT2D eigenvalue weighted by Crippen LogP contribution is -2.04. The van der Waals surface area contributed by atoms with Crippen molar-refractivity contribution in [3.63, 3.8) is 0 Å². The van der Waals surface area contributed by atoms with Crippen LogP contribution >= 0.6 is 23.7 Å². The molecule has 0 saturated heterocycles. The van der Waals surface area contributed by atoms with Crippen LogP contribution in [0.2, 0.25) is 0 Å². The summed E-state index contributed by atoms with van der Waals surface area (Å²) in [5, 5.41) is 4.51. The largest absolute Gasteiger partial charge is 0.484 e. The van der Waals surface area contributed by atoms with Crippen molar-refractivity contribution in [1.82, 2.24) is 0 Å². The highest BCUT2D eigenvalue weighted by molar-refractivity contribution is 7.10. The molecular formula is C18H22ClNOS. The molecule has 1 atom stereocenters. The smallest absolute Gasteiger partial charge is 0.133 e. The first-order chi connectivity index (χ1) is 10.4. The lowest BCUT2D eigenvalue weighted by atomic mass is 10.1. The Bertz CT molecular complexity index is 664. The molecule has 118 valence electrons. The number of rotatable bonds is 4. The van der Waals surface area contributed by atoms with E-state index < -0.39 is 0 Å². The Kier molecular flexibility index (Phi) is 7.96. The fourth-order valence-electron chi connectivity index (χ4n) is 2.27. The zero-order chi connectivity index (χ0) is 15.1.